The third-order valence-electron chi connectivity index (χ3n) is 2.44. The molecule has 0 aliphatic carbocycles. The van der Waals surface area contributed by atoms with E-state index in [-0.39, 0.29) is 38.5 Å². The Bertz CT molecular complexity index is 668. The maximum atomic E-state index is 12.0. The first-order valence-corrected chi connectivity index (χ1v) is 6.15. The van der Waals surface area contributed by atoms with E-state index >= 15 is 0 Å². The Morgan fingerprint density at radius 2 is 1.55 bits per heavy atom. The number of carbonyl (C=O) groups is 1. The molecule has 7 heteroatoms. The molecule has 0 bridgehead atoms. The average Bonchev–Trinajstić information content (AvgIpc) is 2.34. The van der Waals surface area contributed by atoms with Crippen LogP contribution in [0.5, 0.6) is 17.2 Å². The molecule has 5 nitrogen and oxygen atoms in total. The second kappa shape index (κ2) is 5.48. The highest BCUT2D eigenvalue weighted by Crippen LogP contribution is 2.35. The van der Waals surface area contributed by atoms with Crippen molar-refractivity contribution in [3.63, 3.8) is 0 Å². The standard InChI is InChI=1S/C13H9Cl2NO4/c14-7-3-10(15)12(19)11(4-7)16-13(20)6-1-8(17)5-9(18)2-6/h1-5,17-19H,(H,16,20). The smallest absolute Gasteiger partial charge is 0.256 e. The van der Waals surface area contributed by atoms with Crippen molar-refractivity contribution in [1.82, 2.24) is 0 Å². The van der Waals surface area contributed by atoms with Crippen molar-refractivity contribution >= 4 is 34.8 Å². The summed E-state index contributed by atoms with van der Waals surface area (Å²) in [5, 5.41) is 31.0. The lowest BCUT2D eigenvalue weighted by molar-refractivity contribution is 0.102. The Kier molecular flexibility index (Phi) is 3.92. The van der Waals surface area contributed by atoms with Crippen LogP contribution >= 0.6 is 23.2 Å². The van der Waals surface area contributed by atoms with Gasteiger partial charge in [-0.05, 0) is 24.3 Å². The number of rotatable bonds is 2. The van der Waals surface area contributed by atoms with Crippen LogP contribution in [0, 0.1) is 0 Å². The highest BCUT2D eigenvalue weighted by molar-refractivity contribution is 6.36. The number of amides is 1. The van der Waals surface area contributed by atoms with Gasteiger partial charge in [0.25, 0.3) is 5.91 Å². The molecule has 104 valence electrons. The second-order valence-corrected chi connectivity index (χ2v) is 4.82. The van der Waals surface area contributed by atoms with Gasteiger partial charge in [0.15, 0.2) is 5.75 Å². The van der Waals surface area contributed by atoms with Crippen molar-refractivity contribution in [3.8, 4) is 17.2 Å². The third kappa shape index (κ3) is 3.07. The summed E-state index contributed by atoms with van der Waals surface area (Å²) < 4.78 is 0. The molecule has 2 aromatic rings. The molecule has 0 aliphatic rings. The molecule has 1 amide bonds. The Balaban J connectivity index is 2.32. The summed E-state index contributed by atoms with van der Waals surface area (Å²) in [4.78, 5) is 12.0. The largest absolute Gasteiger partial charge is 0.508 e. The summed E-state index contributed by atoms with van der Waals surface area (Å²) in [6.45, 7) is 0. The van der Waals surface area contributed by atoms with Gasteiger partial charge in [-0.25, -0.2) is 0 Å². The predicted octanol–water partition coefficient (Wildman–Crippen LogP) is 3.36. The number of aromatic hydroxyl groups is 3. The van der Waals surface area contributed by atoms with Gasteiger partial charge in [-0.1, -0.05) is 23.2 Å². The van der Waals surface area contributed by atoms with Crippen LogP contribution in [0.4, 0.5) is 5.69 Å². The number of hydrogen-bond acceptors (Lipinski definition) is 4. The van der Waals surface area contributed by atoms with Crippen LogP contribution in [0.3, 0.4) is 0 Å². The Morgan fingerprint density at radius 1 is 0.950 bits per heavy atom. The zero-order valence-electron chi connectivity index (χ0n) is 9.89. The van der Waals surface area contributed by atoms with E-state index in [4.69, 9.17) is 23.2 Å². The summed E-state index contributed by atoms with van der Waals surface area (Å²) in [5.41, 5.74) is 0.0355. The number of hydrogen-bond donors (Lipinski definition) is 4. The summed E-state index contributed by atoms with van der Waals surface area (Å²) in [5.74, 6) is -1.49. The van der Waals surface area contributed by atoms with E-state index < -0.39 is 5.91 Å². The fourth-order valence-electron chi connectivity index (χ4n) is 1.58. The monoisotopic (exact) mass is 313 g/mol. The third-order valence-corrected chi connectivity index (χ3v) is 2.95. The minimum absolute atomic E-state index is 0.00782. The SMILES string of the molecule is O=C(Nc1cc(Cl)cc(Cl)c1O)c1cc(O)cc(O)c1. The first-order valence-electron chi connectivity index (χ1n) is 5.39. The Labute approximate surface area is 124 Å². The van der Waals surface area contributed by atoms with E-state index in [9.17, 15) is 20.1 Å². The maximum absolute atomic E-state index is 12.0. The van der Waals surface area contributed by atoms with E-state index in [2.05, 4.69) is 5.32 Å². The van der Waals surface area contributed by atoms with Gasteiger partial charge in [0.1, 0.15) is 11.5 Å². The van der Waals surface area contributed by atoms with Crippen LogP contribution < -0.4 is 5.32 Å². The number of nitrogens with one attached hydrogen (secondary N) is 1. The molecule has 0 atom stereocenters. The number of phenols is 3. The topological polar surface area (TPSA) is 89.8 Å². The highest BCUT2D eigenvalue weighted by Gasteiger charge is 2.13. The quantitative estimate of drug-likeness (QED) is 0.640. The van der Waals surface area contributed by atoms with Crippen LogP contribution in [-0.4, -0.2) is 21.2 Å². The molecule has 0 unspecified atom stereocenters. The lowest BCUT2D eigenvalue weighted by Crippen LogP contribution is -2.12. The molecule has 0 saturated carbocycles. The zero-order valence-corrected chi connectivity index (χ0v) is 11.4. The molecule has 0 aromatic heterocycles. The first-order chi connectivity index (χ1) is 9.36. The number of anilines is 1. The average molecular weight is 314 g/mol. The van der Waals surface area contributed by atoms with Crippen LogP contribution in [0.1, 0.15) is 10.4 Å². The number of phenolic OH excluding ortho intramolecular Hbond substituents is 3. The van der Waals surface area contributed by atoms with E-state index in [1.165, 1.54) is 12.1 Å². The highest BCUT2D eigenvalue weighted by atomic mass is 35.5. The molecule has 2 rings (SSSR count). The fourth-order valence-corrected chi connectivity index (χ4v) is 2.08. The Hall–Kier alpha value is -2.11. The second-order valence-electron chi connectivity index (χ2n) is 3.98. The number of benzene rings is 2. The maximum Gasteiger partial charge on any atom is 0.256 e. The van der Waals surface area contributed by atoms with Crippen molar-refractivity contribution in [2.75, 3.05) is 5.32 Å². The number of halogens is 2. The fraction of sp³-hybridized carbons (Fsp3) is 0. The van der Waals surface area contributed by atoms with Crippen LogP contribution in [-0.2, 0) is 0 Å². The van der Waals surface area contributed by atoms with Gasteiger partial charge in [0.2, 0.25) is 0 Å². The predicted molar refractivity (Wildman–Crippen MR) is 75.9 cm³/mol. The van der Waals surface area contributed by atoms with Crippen LogP contribution in [0.2, 0.25) is 10.0 Å². The van der Waals surface area contributed by atoms with Gasteiger partial charge >= 0.3 is 0 Å². The molecule has 4 N–H and O–H groups in total. The van der Waals surface area contributed by atoms with Gasteiger partial charge in [0.05, 0.1) is 10.7 Å². The summed E-state index contributed by atoms with van der Waals surface area (Å²) in [7, 11) is 0. The van der Waals surface area contributed by atoms with Gasteiger partial charge in [-0.15, -0.1) is 0 Å². The van der Waals surface area contributed by atoms with E-state index in [0.29, 0.717) is 0 Å². The van der Waals surface area contributed by atoms with Crippen molar-refractivity contribution < 1.29 is 20.1 Å². The van der Waals surface area contributed by atoms with Crippen molar-refractivity contribution in [2.45, 2.75) is 0 Å². The lowest BCUT2D eigenvalue weighted by Gasteiger charge is -2.09. The number of carbonyl (C=O) groups excluding carboxylic acids is 1. The molecule has 0 spiro atoms. The summed E-state index contributed by atoms with van der Waals surface area (Å²) in [6.07, 6.45) is 0. The van der Waals surface area contributed by atoms with E-state index in [1.54, 1.807) is 0 Å². The lowest BCUT2D eigenvalue weighted by atomic mass is 10.2. The molecule has 0 fully saturated rings. The van der Waals surface area contributed by atoms with Crippen molar-refractivity contribution in [1.29, 1.82) is 0 Å². The Morgan fingerprint density at radius 3 is 2.15 bits per heavy atom. The molecule has 0 radical (unpaired) electrons. The van der Waals surface area contributed by atoms with Gasteiger partial charge in [-0.2, -0.15) is 0 Å². The molecule has 0 saturated heterocycles. The van der Waals surface area contributed by atoms with Gasteiger partial charge in [0, 0.05) is 16.7 Å². The molecule has 2 aromatic carbocycles. The van der Waals surface area contributed by atoms with Crippen LogP contribution in [0.25, 0.3) is 0 Å². The minimum Gasteiger partial charge on any atom is -0.508 e. The summed E-state index contributed by atoms with van der Waals surface area (Å²) >= 11 is 11.5. The molecule has 0 aliphatic heterocycles. The summed E-state index contributed by atoms with van der Waals surface area (Å²) in [6, 6.07) is 6.07. The van der Waals surface area contributed by atoms with Gasteiger partial charge in [-0.3, -0.25) is 4.79 Å². The van der Waals surface area contributed by atoms with E-state index in [0.717, 1.165) is 18.2 Å². The van der Waals surface area contributed by atoms with Crippen LogP contribution in [0.15, 0.2) is 30.3 Å². The molecular formula is C13H9Cl2NO4. The molecular weight excluding hydrogens is 305 g/mol. The minimum atomic E-state index is -0.648. The normalized spacial score (nSPS) is 10.3. The molecule has 0 heterocycles. The van der Waals surface area contributed by atoms with Crippen molar-refractivity contribution in [3.05, 3.63) is 45.9 Å². The first kappa shape index (κ1) is 14.3. The zero-order chi connectivity index (χ0) is 14.9. The van der Waals surface area contributed by atoms with Gasteiger partial charge < -0.3 is 20.6 Å². The van der Waals surface area contributed by atoms with Crippen molar-refractivity contribution in [2.24, 2.45) is 0 Å². The molecule has 20 heavy (non-hydrogen) atoms. The van der Waals surface area contributed by atoms with E-state index in [1.807, 2.05) is 0 Å².